The zero-order valence-electron chi connectivity index (χ0n) is 11.4. The predicted molar refractivity (Wildman–Crippen MR) is 76.3 cm³/mol. The van der Waals surface area contributed by atoms with Gasteiger partial charge in [-0.05, 0) is 18.4 Å². The molecule has 18 heavy (non-hydrogen) atoms. The van der Waals surface area contributed by atoms with Gasteiger partial charge in [-0.2, -0.15) is 0 Å². The third kappa shape index (κ3) is 5.93. The van der Waals surface area contributed by atoms with Crippen LogP contribution in [-0.4, -0.2) is 46.6 Å². The highest BCUT2D eigenvalue weighted by Crippen LogP contribution is 2.17. The molecule has 0 aliphatic rings. The van der Waals surface area contributed by atoms with Gasteiger partial charge in [-0.15, -0.1) is 11.3 Å². The SMILES string of the molecule is COCC(CNCCNC(C)c1cccs1)OC. The average molecular weight is 272 g/mol. The number of ether oxygens (including phenoxy) is 2. The second kappa shape index (κ2) is 9.47. The van der Waals surface area contributed by atoms with E-state index in [0.29, 0.717) is 12.6 Å². The molecule has 1 heterocycles. The first-order valence-electron chi connectivity index (χ1n) is 6.27. The van der Waals surface area contributed by atoms with Crippen LogP contribution in [0.1, 0.15) is 17.8 Å². The largest absolute Gasteiger partial charge is 0.382 e. The standard InChI is InChI=1S/C13H24N2O2S/c1-11(13-5-4-8-18-13)15-7-6-14-9-12(17-3)10-16-2/h4-5,8,11-12,14-15H,6-7,9-10H2,1-3H3. The lowest BCUT2D eigenvalue weighted by Crippen LogP contribution is -2.36. The van der Waals surface area contributed by atoms with Crippen LogP contribution in [-0.2, 0) is 9.47 Å². The van der Waals surface area contributed by atoms with E-state index in [-0.39, 0.29) is 6.10 Å². The zero-order chi connectivity index (χ0) is 13.2. The number of hydrogen-bond acceptors (Lipinski definition) is 5. The van der Waals surface area contributed by atoms with E-state index < -0.39 is 0 Å². The minimum absolute atomic E-state index is 0.129. The van der Waals surface area contributed by atoms with Crippen molar-refractivity contribution in [1.82, 2.24) is 10.6 Å². The van der Waals surface area contributed by atoms with Crippen LogP contribution in [0.25, 0.3) is 0 Å². The summed E-state index contributed by atoms with van der Waals surface area (Å²) in [5, 5.41) is 8.95. The van der Waals surface area contributed by atoms with Crippen LogP contribution < -0.4 is 10.6 Å². The lowest BCUT2D eigenvalue weighted by Gasteiger charge is -2.16. The van der Waals surface area contributed by atoms with Crippen molar-refractivity contribution >= 4 is 11.3 Å². The molecule has 0 aliphatic heterocycles. The molecule has 2 N–H and O–H groups in total. The summed E-state index contributed by atoms with van der Waals surface area (Å²) < 4.78 is 10.3. The van der Waals surface area contributed by atoms with Gasteiger partial charge < -0.3 is 20.1 Å². The molecular formula is C13H24N2O2S. The first kappa shape index (κ1) is 15.6. The van der Waals surface area contributed by atoms with Gasteiger partial charge in [0.05, 0.1) is 12.7 Å². The number of nitrogens with one attached hydrogen (secondary N) is 2. The molecular weight excluding hydrogens is 248 g/mol. The molecule has 1 rings (SSSR count). The fourth-order valence-corrected chi connectivity index (χ4v) is 2.43. The van der Waals surface area contributed by atoms with Crippen LogP contribution in [0.2, 0.25) is 0 Å². The average Bonchev–Trinajstić information content (AvgIpc) is 2.90. The maximum absolute atomic E-state index is 5.27. The van der Waals surface area contributed by atoms with Gasteiger partial charge in [0.25, 0.3) is 0 Å². The molecule has 0 saturated heterocycles. The Balaban J connectivity index is 2.04. The van der Waals surface area contributed by atoms with E-state index in [2.05, 4.69) is 35.1 Å². The normalized spacial score (nSPS) is 14.6. The van der Waals surface area contributed by atoms with E-state index in [9.17, 15) is 0 Å². The fraction of sp³-hybridized carbons (Fsp3) is 0.692. The Kier molecular flexibility index (Phi) is 8.20. The molecule has 0 radical (unpaired) electrons. The number of methoxy groups -OCH3 is 2. The quantitative estimate of drug-likeness (QED) is 0.636. The van der Waals surface area contributed by atoms with Gasteiger partial charge >= 0.3 is 0 Å². The van der Waals surface area contributed by atoms with Crippen LogP contribution in [0.15, 0.2) is 17.5 Å². The molecule has 5 heteroatoms. The van der Waals surface area contributed by atoms with Gasteiger partial charge in [0, 0.05) is 44.8 Å². The lowest BCUT2D eigenvalue weighted by atomic mass is 10.3. The van der Waals surface area contributed by atoms with Crippen LogP contribution in [0.3, 0.4) is 0 Å². The monoisotopic (exact) mass is 272 g/mol. The van der Waals surface area contributed by atoms with Gasteiger partial charge in [0.1, 0.15) is 0 Å². The number of thiophene rings is 1. The Morgan fingerprint density at radius 2 is 2.17 bits per heavy atom. The van der Waals surface area contributed by atoms with Crippen LogP contribution in [0, 0.1) is 0 Å². The van der Waals surface area contributed by atoms with Crippen molar-refractivity contribution in [2.75, 3.05) is 40.5 Å². The first-order chi connectivity index (χ1) is 8.77. The third-order valence-electron chi connectivity index (χ3n) is 2.78. The summed E-state index contributed by atoms with van der Waals surface area (Å²) in [7, 11) is 3.40. The molecule has 0 saturated carbocycles. The predicted octanol–water partition coefficient (Wildman–Crippen LogP) is 1.65. The molecule has 0 bridgehead atoms. The van der Waals surface area contributed by atoms with Gasteiger partial charge in [-0.25, -0.2) is 0 Å². The minimum Gasteiger partial charge on any atom is -0.382 e. The van der Waals surface area contributed by atoms with Gasteiger partial charge in [0.2, 0.25) is 0 Å². The van der Waals surface area contributed by atoms with Crippen molar-refractivity contribution in [1.29, 1.82) is 0 Å². The molecule has 0 aromatic carbocycles. The van der Waals surface area contributed by atoms with Crippen molar-refractivity contribution < 1.29 is 9.47 Å². The van der Waals surface area contributed by atoms with Crippen molar-refractivity contribution in [3.63, 3.8) is 0 Å². The molecule has 0 spiro atoms. The number of rotatable bonds is 10. The molecule has 0 fully saturated rings. The molecule has 1 aromatic rings. The molecule has 2 unspecified atom stereocenters. The summed E-state index contributed by atoms with van der Waals surface area (Å²) in [6, 6.07) is 4.67. The fourth-order valence-electron chi connectivity index (χ4n) is 1.67. The number of hydrogen-bond donors (Lipinski definition) is 2. The maximum atomic E-state index is 5.27. The molecule has 104 valence electrons. The minimum atomic E-state index is 0.129. The van der Waals surface area contributed by atoms with E-state index in [1.54, 1.807) is 25.6 Å². The Hall–Kier alpha value is -0.460. The molecule has 0 aliphatic carbocycles. The van der Waals surface area contributed by atoms with Crippen LogP contribution in [0.4, 0.5) is 0 Å². The second-order valence-corrected chi connectivity index (χ2v) is 5.19. The van der Waals surface area contributed by atoms with Gasteiger partial charge in [-0.3, -0.25) is 0 Å². The topological polar surface area (TPSA) is 42.5 Å². The Labute approximate surface area is 114 Å². The van der Waals surface area contributed by atoms with Crippen LogP contribution >= 0.6 is 11.3 Å². The summed E-state index contributed by atoms with van der Waals surface area (Å²) in [6.07, 6.45) is 0.129. The first-order valence-corrected chi connectivity index (χ1v) is 7.15. The Morgan fingerprint density at radius 1 is 1.33 bits per heavy atom. The molecule has 2 atom stereocenters. The summed E-state index contributed by atoms with van der Waals surface area (Å²) >= 11 is 1.79. The molecule has 4 nitrogen and oxygen atoms in total. The van der Waals surface area contributed by atoms with E-state index in [1.807, 2.05) is 0 Å². The van der Waals surface area contributed by atoms with E-state index >= 15 is 0 Å². The van der Waals surface area contributed by atoms with Crippen molar-refractivity contribution in [3.8, 4) is 0 Å². The van der Waals surface area contributed by atoms with Crippen molar-refractivity contribution in [3.05, 3.63) is 22.4 Å². The summed E-state index contributed by atoms with van der Waals surface area (Å²) in [4.78, 5) is 1.38. The highest BCUT2D eigenvalue weighted by atomic mass is 32.1. The van der Waals surface area contributed by atoms with Crippen molar-refractivity contribution in [2.24, 2.45) is 0 Å². The summed E-state index contributed by atoms with van der Waals surface area (Å²) in [5.41, 5.74) is 0. The summed E-state index contributed by atoms with van der Waals surface area (Å²) in [6.45, 7) is 5.51. The highest BCUT2D eigenvalue weighted by Gasteiger charge is 2.06. The van der Waals surface area contributed by atoms with Gasteiger partial charge in [0.15, 0.2) is 0 Å². The maximum Gasteiger partial charge on any atom is 0.0928 e. The molecule has 0 amide bonds. The lowest BCUT2D eigenvalue weighted by molar-refractivity contribution is 0.0291. The summed E-state index contributed by atoms with van der Waals surface area (Å²) in [5.74, 6) is 0. The van der Waals surface area contributed by atoms with Gasteiger partial charge in [-0.1, -0.05) is 6.07 Å². The smallest absolute Gasteiger partial charge is 0.0928 e. The highest BCUT2D eigenvalue weighted by molar-refractivity contribution is 7.10. The van der Waals surface area contributed by atoms with Crippen molar-refractivity contribution in [2.45, 2.75) is 19.1 Å². The van der Waals surface area contributed by atoms with E-state index in [0.717, 1.165) is 19.6 Å². The Morgan fingerprint density at radius 3 is 2.78 bits per heavy atom. The van der Waals surface area contributed by atoms with E-state index in [1.165, 1.54) is 4.88 Å². The Bertz CT molecular complexity index is 293. The van der Waals surface area contributed by atoms with E-state index in [4.69, 9.17) is 9.47 Å². The third-order valence-corrected chi connectivity index (χ3v) is 3.84. The zero-order valence-corrected chi connectivity index (χ0v) is 12.3. The second-order valence-electron chi connectivity index (χ2n) is 4.21. The molecule has 1 aromatic heterocycles. The van der Waals surface area contributed by atoms with Crippen LogP contribution in [0.5, 0.6) is 0 Å².